The SMILES string of the molecule is CC(=O)OC[C@H]1O[C@@H]2N=C(C)O[C@@H]2[C@@H](OC(C)=O)[C@@H]1OC(C)=O. The third kappa shape index (κ3) is 4.19. The predicted molar refractivity (Wildman–Crippen MR) is 74.4 cm³/mol. The highest BCUT2D eigenvalue weighted by Crippen LogP contribution is 2.32. The molecule has 0 N–H and O–H groups in total. The van der Waals surface area contributed by atoms with Gasteiger partial charge in [-0.1, -0.05) is 0 Å². The molecule has 1 saturated heterocycles. The predicted octanol–water partition coefficient (Wildman–Crippen LogP) is -0.0450. The van der Waals surface area contributed by atoms with Crippen LogP contribution in [0.2, 0.25) is 0 Å². The summed E-state index contributed by atoms with van der Waals surface area (Å²) in [5.74, 6) is -1.29. The smallest absolute Gasteiger partial charge is 0.303 e. The third-order valence-corrected chi connectivity index (χ3v) is 3.28. The Bertz CT molecular complexity index is 531. The van der Waals surface area contributed by atoms with Gasteiger partial charge in [0, 0.05) is 27.7 Å². The van der Waals surface area contributed by atoms with Crippen LogP contribution in [0.1, 0.15) is 27.7 Å². The summed E-state index contributed by atoms with van der Waals surface area (Å²) < 4.78 is 26.6. The van der Waals surface area contributed by atoms with Crippen LogP contribution < -0.4 is 0 Å². The number of fused-ring (bicyclic) bond motifs is 1. The van der Waals surface area contributed by atoms with Crippen LogP contribution >= 0.6 is 0 Å². The first kappa shape index (κ1) is 17.2. The number of esters is 3. The Morgan fingerprint density at radius 1 is 1.04 bits per heavy atom. The Labute approximate surface area is 132 Å². The van der Waals surface area contributed by atoms with Gasteiger partial charge in [0.15, 0.2) is 30.4 Å². The number of aliphatic imine (C=N–C) groups is 1. The van der Waals surface area contributed by atoms with E-state index in [0.717, 1.165) is 0 Å². The first-order chi connectivity index (χ1) is 10.8. The van der Waals surface area contributed by atoms with Crippen molar-refractivity contribution in [2.75, 3.05) is 6.61 Å². The first-order valence-corrected chi connectivity index (χ1v) is 7.12. The lowest BCUT2D eigenvalue weighted by molar-refractivity contribution is -0.236. The van der Waals surface area contributed by atoms with Gasteiger partial charge in [0.2, 0.25) is 0 Å². The molecule has 9 heteroatoms. The summed E-state index contributed by atoms with van der Waals surface area (Å²) in [5, 5.41) is 0. The second-order valence-corrected chi connectivity index (χ2v) is 5.25. The molecule has 0 unspecified atom stereocenters. The van der Waals surface area contributed by atoms with Crippen LogP contribution in [-0.2, 0) is 38.1 Å². The number of ether oxygens (including phenoxy) is 5. The second kappa shape index (κ2) is 6.95. The summed E-state index contributed by atoms with van der Waals surface area (Å²) in [6.45, 7) is 5.17. The second-order valence-electron chi connectivity index (χ2n) is 5.25. The van der Waals surface area contributed by atoms with E-state index in [2.05, 4.69) is 4.99 Å². The van der Waals surface area contributed by atoms with E-state index in [0.29, 0.717) is 5.90 Å². The van der Waals surface area contributed by atoms with Gasteiger partial charge in [-0.15, -0.1) is 0 Å². The van der Waals surface area contributed by atoms with E-state index in [9.17, 15) is 14.4 Å². The highest BCUT2D eigenvalue weighted by atomic mass is 16.7. The van der Waals surface area contributed by atoms with Crippen LogP contribution in [0.5, 0.6) is 0 Å². The Morgan fingerprint density at radius 3 is 2.22 bits per heavy atom. The van der Waals surface area contributed by atoms with Crippen molar-refractivity contribution in [2.45, 2.75) is 58.3 Å². The van der Waals surface area contributed by atoms with Gasteiger partial charge in [-0.3, -0.25) is 14.4 Å². The fraction of sp³-hybridized carbons (Fsp3) is 0.714. The van der Waals surface area contributed by atoms with Crippen LogP contribution in [0.3, 0.4) is 0 Å². The first-order valence-electron chi connectivity index (χ1n) is 7.12. The van der Waals surface area contributed by atoms with E-state index < -0.39 is 48.6 Å². The van der Waals surface area contributed by atoms with Gasteiger partial charge in [-0.05, 0) is 0 Å². The average molecular weight is 329 g/mol. The minimum Gasteiger partial charge on any atom is -0.469 e. The summed E-state index contributed by atoms with van der Waals surface area (Å²) in [5.41, 5.74) is 0. The molecule has 2 aliphatic rings. The molecule has 23 heavy (non-hydrogen) atoms. The third-order valence-electron chi connectivity index (χ3n) is 3.28. The number of rotatable bonds is 4. The summed E-state index contributed by atoms with van der Waals surface area (Å²) in [6, 6.07) is 0. The van der Waals surface area contributed by atoms with Gasteiger partial charge in [0.25, 0.3) is 0 Å². The molecule has 2 heterocycles. The Balaban J connectivity index is 2.25. The molecule has 0 amide bonds. The lowest BCUT2D eigenvalue weighted by atomic mass is 9.98. The zero-order chi connectivity index (χ0) is 17.1. The Kier molecular flexibility index (Phi) is 5.19. The van der Waals surface area contributed by atoms with Crippen LogP contribution in [0.15, 0.2) is 4.99 Å². The average Bonchev–Trinajstić information content (AvgIpc) is 2.78. The lowest BCUT2D eigenvalue weighted by Gasteiger charge is -2.40. The quantitative estimate of drug-likeness (QED) is 0.522. The normalized spacial score (nSPS) is 32.2. The van der Waals surface area contributed by atoms with E-state index in [1.54, 1.807) is 6.92 Å². The summed E-state index contributed by atoms with van der Waals surface area (Å²) in [7, 11) is 0. The van der Waals surface area contributed by atoms with Crippen molar-refractivity contribution < 1.29 is 38.1 Å². The molecule has 1 fully saturated rings. The molecular formula is C14H19NO8. The molecule has 0 aromatic rings. The Morgan fingerprint density at radius 2 is 1.65 bits per heavy atom. The van der Waals surface area contributed by atoms with E-state index >= 15 is 0 Å². The molecule has 0 spiro atoms. The van der Waals surface area contributed by atoms with Gasteiger partial charge in [0.1, 0.15) is 12.7 Å². The van der Waals surface area contributed by atoms with Crippen LogP contribution in [0.25, 0.3) is 0 Å². The summed E-state index contributed by atoms with van der Waals surface area (Å²) >= 11 is 0. The largest absolute Gasteiger partial charge is 0.469 e. The maximum Gasteiger partial charge on any atom is 0.303 e. The number of hydrogen-bond acceptors (Lipinski definition) is 9. The van der Waals surface area contributed by atoms with Crippen molar-refractivity contribution >= 4 is 23.8 Å². The standard InChI is InChI=1S/C14H19NO8/c1-6-15-14-13(20-6)12(22-9(4)18)11(21-8(3)17)10(23-14)5-19-7(2)16/h10-14H,5H2,1-4H3/t10-,11-,12+,13-,14+/m1/s1. The molecule has 128 valence electrons. The van der Waals surface area contributed by atoms with Crippen molar-refractivity contribution in [3.8, 4) is 0 Å². The van der Waals surface area contributed by atoms with Crippen LogP contribution in [0, 0.1) is 0 Å². The molecular weight excluding hydrogens is 310 g/mol. The fourth-order valence-electron chi connectivity index (χ4n) is 2.52. The van der Waals surface area contributed by atoms with E-state index in [1.807, 2.05) is 0 Å². The molecule has 0 radical (unpaired) electrons. The highest BCUT2D eigenvalue weighted by Gasteiger charge is 2.53. The van der Waals surface area contributed by atoms with Gasteiger partial charge in [-0.2, -0.15) is 0 Å². The Hall–Kier alpha value is -2.16. The van der Waals surface area contributed by atoms with Crippen LogP contribution in [0.4, 0.5) is 0 Å². The van der Waals surface area contributed by atoms with Crippen molar-refractivity contribution in [2.24, 2.45) is 4.99 Å². The molecule has 9 nitrogen and oxygen atoms in total. The molecule has 0 saturated carbocycles. The monoisotopic (exact) mass is 329 g/mol. The molecule has 2 rings (SSSR count). The van der Waals surface area contributed by atoms with Crippen molar-refractivity contribution in [3.63, 3.8) is 0 Å². The molecule has 5 atom stereocenters. The summed E-state index contributed by atoms with van der Waals surface area (Å²) in [6.07, 6.45) is -4.18. The number of nitrogens with zero attached hydrogens (tertiary/aromatic N) is 1. The highest BCUT2D eigenvalue weighted by molar-refractivity contribution is 5.75. The molecule has 0 aromatic carbocycles. The van der Waals surface area contributed by atoms with Gasteiger partial charge >= 0.3 is 17.9 Å². The van der Waals surface area contributed by atoms with Crippen molar-refractivity contribution in [1.82, 2.24) is 0 Å². The molecule has 0 aromatic heterocycles. The van der Waals surface area contributed by atoms with Crippen molar-refractivity contribution in [1.29, 1.82) is 0 Å². The number of carbonyl (C=O) groups is 3. The van der Waals surface area contributed by atoms with Crippen LogP contribution in [-0.4, -0.2) is 61.1 Å². The zero-order valence-corrected chi connectivity index (χ0v) is 13.3. The summed E-state index contributed by atoms with van der Waals surface area (Å²) in [4.78, 5) is 38.0. The minimum absolute atomic E-state index is 0.164. The molecule has 0 aliphatic carbocycles. The molecule has 0 bridgehead atoms. The minimum atomic E-state index is -0.974. The maximum atomic E-state index is 11.4. The number of carbonyl (C=O) groups excluding carboxylic acids is 3. The fourth-order valence-corrected chi connectivity index (χ4v) is 2.52. The topological polar surface area (TPSA) is 110 Å². The van der Waals surface area contributed by atoms with E-state index in [-0.39, 0.29) is 6.61 Å². The van der Waals surface area contributed by atoms with E-state index in [1.165, 1.54) is 20.8 Å². The van der Waals surface area contributed by atoms with Gasteiger partial charge < -0.3 is 23.7 Å². The van der Waals surface area contributed by atoms with Gasteiger partial charge in [-0.25, -0.2) is 4.99 Å². The lowest BCUT2D eigenvalue weighted by Crippen LogP contribution is -2.60. The zero-order valence-electron chi connectivity index (χ0n) is 13.3. The maximum absolute atomic E-state index is 11.4. The van der Waals surface area contributed by atoms with Crippen molar-refractivity contribution in [3.05, 3.63) is 0 Å². The molecule has 2 aliphatic heterocycles. The number of hydrogen-bond donors (Lipinski definition) is 0. The van der Waals surface area contributed by atoms with Gasteiger partial charge in [0.05, 0.1) is 0 Å². The van der Waals surface area contributed by atoms with E-state index in [4.69, 9.17) is 23.7 Å².